The lowest BCUT2D eigenvalue weighted by Crippen LogP contribution is -2.25. The molecule has 4 rings (SSSR count). The van der Waals surface area contributed by atoms with Crippen LogP contribution in [0.2, 0.25) is 0 Å². The second kappa shape index (κ2) is 9.11. The highest BCUT2D eigenvalue weighted by molar-refractivity contribution is 7.07. The number of likely N-dealkylation sites (tertiary alicyclic amines) is 1. The van der Waals surface area contributed by atoms with Crippen molar-refractivity contribution in [3.8, 4) is 5.75 Å². The van der Waals surface area contributed by atoms with E-state index in [1.54, 1.807) is 11.3 Å². The number of benzene rings is 1. The molecule has 0 amide bonds. The number of allylic oxidation sites excluding steroid dienone is 1. The summed E-state index contributed by atoms with van der Waals surface area (Å²) in [7, 11) is 0. The second-order valence-electron chi connectivity index (χ2n) is 6.89. The van der Waals surface area contributed by atoms with Crippen molar-refractivity contribution in [2.75, 3.05) is 37.7 Å². The fraction of sp³-hybridized carbons (Fsp3) is 0.364. The number of rotatable bonds is 8. The molecular formula is C22H26N2O2S. The van der Waals surface area contributed by atoms with Gasteiger partial charge < -0.3 is 14.4 Å². The van der Waals surface area contributed by atoms with E-state index < -0.39 is 0 Å². The molecule has 0 unspecified atom stereocenters. The molecule has 5 heteroatoms. The van der Waals surface area contributed by atoms with E-state index in [0.29, 0.717) is 6.61 Å². The Morgan fingerprint density at radius 2 is 1.85 bits per heavy atom. The first-order chi connectivity index (χ1) is 13.4. The molecule has 0 atom stereocenters. The van der Waals surface area contributed by atoms with Crippen LogP contribution in [0.3, 0.4) is 0 Å². The molecule has 1 aromatic heterocycles. The third kappa shape index (κ3) is 5.15. The fourth-order valence-electron chi connectivity index (χ4n) is 3.35. The first kappa shape index (κ1) is 18.1. The van der Waals surface area contributed by atoms with Crippen LogP contribution in [-0.2, 0) is 11.3 Å². The fourth-order valence-corrected chi connectivity index (χ4v) is 4.01. The Balaban J connectivity index is 1.22. The van der Waals surface area contributed by atoms with E-state index in [4.69, 9.17) is 9.47 Å². The molecule has 0 spiro atoms. The van der Waals surface area contributed by atoms with E-state index in [-0.39, 0.29) is 0 Å². The van der Waals surface area contributed by atoms with Crippen molar-refractivity contribution in [1.82, 2.24) is 4.90 Å². The molecule has 1 aromatic carbocycles. The van der Waals surface area contributed by atoms with E-state index in [9.17, 15) is 0 Å². The normalized spacial score (nSPS) is 17.2. The first-order valence-corrected chi connectivity index (χ1v) is 10.6. The summed E-state index contributed by atoms with van der Waals surface area (Å²) in [4.78, 5) is 4.67. The Morgan fingerprint density at radius 3 is 2.56 bits per heavy atom. The number of hydrogen-bond acceptors (Lipinski definition) is 5. The summed E-state index contributed by atoms with van der Waals surface area (Å²) in [6.45, 7) is 5.66. The molecule has 0 radical (unpaired) electrons. The lowest BCUT2D eigenvalue weighted by atomic mass is 10.2. The van der Waals surface area contributed by atoms with Crippen LogP contribution in [0.4, 0.5) is 5.69 Å². The van der Waals surface area contributed by atoms with Gasteiger partial charge in [0.05, 0.1) is 0 Å². The van der Waals surface area contributed by atoms with Gasteiger partial charge in [0.1, 0.15) is 24.7 Å². The van der Waals surface area contributed by atoms with Gasteiger partial charge in [0, 0.05) is 25.0 Å². The van der Waals surface area contributed by atoms with Gasteiger partial charge in [0.25, 0.3) is 0 Å². The smallest absolute Gasteiger partial charge is 0.119 e. The number of hydrogen-bond donors (Lipinski definition) is 0. The van der Waals surface area contributed by atoms with Crippen molar-refractivity contribution in [1.29, 1.82) is 0 Å². The summed E-state index contributed by atoms with van der Waals surface area (Å²) in [5.41, 5.74) is 2.38. The van der Waals surface area contributed by atoms with Gasteiger partial charge in [-0.1, -0.05) is 0 Å². The van der Waals surface area contributed by atoms with Crippen LogP contribution in [0.5, 0.6) is 5.75 Å². The lowest BCUT2D eigenvalue weighted by molar-refractivity contribution is 0.210. The molecule has 0 bridgehead atoms. The number of thiophene rings is 1. The highest BCUT2D eigenvalue weighted by Crippen LogP contribution is 2.23. The van der Waals surface area contributed by atoms with Gasteiger partial charge in [-0.15, -0.1) is 0 Å². The molecule has 4 nitrogen and oxygen atoms in total. The van der Waals surface area contributed by atoms with Gasteiger partial charge in [0.15, 0.2) is 0 Å². The average Bonchev–Trinajstić information content (AvgIpc) is 3.42. The topological polar surface area (TPSA) is 24.9 Å². The Morgan fingerprint density at radius 1 is 1.00 bits per heavy atom. The number of ether oxygens (including phenoxy) is 2. The summed E-state index contributed by atoms with van der Waals surface area (Å²) in [6, 6.07) is 10.4. The molecule has 3 heterocycles. The Bertz CT molecular complexity index is 762. The maximum Gasteiger partial charge on any atom is 0.119 e. The highest BCUT2D eigenvalue weighted by atomic mass is 32.1. The van der Waals surface area contributed by atoms with Crippen LogP contribution < -0.4 is 9.64 Å². The summed E-state index contributed by atoms with van der Waals surface area (Å²) in [5.74, 6) is 1.87. The lowest BCUT2D eigenvalue weighted by Gasteiger charge is -2.23. The molecule has 2 aliphatic heterocycles. The van der Waals surface area contributed by atoms with E-state index in [0.717, 1.165) is 36.9 Å². The standard InChI is InChI=1S/C22H26N2O2S/c1-2-11-23(10-1)14-15-25-21-5-3-20(4-6-21)24-12-7-22(8-13-24)26-17-19-9-16-27-18-19/h3-9,12,16,18H,1-2,10-11,13-15,17H2. The molecule has 1 fully saturated rings. The number of nitrogens with zero attached hydrogens (tertiary/aromatic N) is 2. The minimum Gasteiger partial charge on any atom is -0.492 e. The molecule has 142 valence electrons. The Kier molecular flexibility index (Phi) is 6.12. The Hall–Kier alpha value is -2.24. The minimum atomic E-state index is 0.628. The molecule has 0 N–H and O–H groups in total. The predicted octanol–water partition coefficient (Wildman–Crippen LogP) is 4.66. The van der Waals surface area contributed by atoms with Crippen LogP contribution in [0.25, 0.3) is 0 Å². The van der Waals surface area contributed by atoms with Crippen molar-refractivity contribution in [3.63, 3.8) is 0 Å². The largest absolute Gasteiger partial charge is 0.492 e. The zero-order valence-electron chi connectivity index (χ0n) is 15.5. The predicted molar refractivity (Wildman–Crippen MR) is 111 cm³/mol. The molecule has 0 aliphatic carbocycles. The zero-order chi connectivity index (χ0) is 18.3. The van der Waals surface area contributed by atoms with Crippen LogP contribution >= 0.6 is 11.3 Å². The van der Waals surface area contributed by atoms with Crippen molar-refractivity contribution in [3.05, 3.63) is 70.8 Å². The molecule has 2 aromatic rings. The van der Waals surface area contributed by atoms with Gasteiger partial charge in [-0.25, -0.2) is 0 Å². The van der Waals surface area contributed by atoms with Crippen molar-refractivity contribution >= 4 is 17.0 Å². The van der Waals surface area contributed by atoms with Crippen LogP contribution in [0, 0.1) is 0 Å². The van der Waals surface area contributed by atoms with Gasteiger partial charge >= 0.3 is 0 Å². The summed E-state index contributed by atoms with van der Waals surface area (Å²) >= 11 is 1.70. The minimum absolute atomic E-state index is 0.628. The SMILES string of the molecule is C1=CN(c2ccc(OCCN3CCCC3)cc2)CC=C1OCc1ccsc1. The van der Waals surface area contributed by atoms with E-state index in [1.165, 1.54) is 31.5 Å². The first-order valence-electron chi connectivity index (χ1n) is 9.61. The van der Waals surface area contributed by atoms with Crippen molar-refractivity contribution in [2.24, 2.45) is 0 Å². The van der Waals surface area contributed by atoms with Crippen molar-refractivity contribution < 1.29 is 9.47 Å². The zero-order valence-corrected chi connectivity index (χ0v) is 16.4. The highest BCUT2D eigenvalue weighted by Gasteiger charge is 2.11. The van der Waals surface area contributed by atoms with Crippen LogP contribution in [-0.4, -0.2) is 37.7 Å². The average molecular weight is 383 g/mol. The molecule has 0 saturated carbocycles. The molecule has 1 saturated heterocycles. The Labute approximate surface area is 165 Å². The third-order valence-corrected chi connectivity index (χ3v) is 5.67. The van der Waals surface area contributed by atoms with Gasteiger partial charge in [-0.05, 0) is 84.7 Å². The maximum absolute atomic E-state index is 5.89. The summed E-state index contributed by atoms with van der Waals surface area (Å²) in [5, 5.41) is 4.19. The summed E-state index contributed by atoms with van der Waals surface area (Å²) in [6.07, 6.45) is 8.87. The van der Waals surface area contributed by atoms with Crippen molar-refractivity contribution in [2.45, 2.75) is 19.4 Å². The van der Waals surface area contributed by atoms with Crippen LogP contribution in [0.1, 0.15) is 18.4 Å². The molecular weight excluding hydrogens is 356 g/mol. The van der Waals surface area contributed by atoms with E-state index >= 15 is 0 Å². The van der Waals surface area contributed by atoms with Gasteiger partial charge in [-0.2, -0.15) is 11.3 Å². The summed E-state index contributed by atoms with van der Waals surface area (Å²) < 4.78 is 11.7. The van der Waals surface area contributed by atoms with E-state index in [1.807, 2.05) is 6.08 Å². The quantitative estimate of drug-likeness (QED) is 0.663. The monoisotopic (exact) mass is 382 g/mol. The third-order valence-electron chi connectivity index (χ3n) is 4.94. The molecule has 2 aliphatic rings. The number of anilines is 1. The van der Waals surface area contributed by atoms with Crippen LogP contribution in [0.15, 0.2) is 65.2 Å². The van der Waals surface area contributed by atoms with E-state index in [2.05, 4.69) is 63.2 Å². The van der Waals surface area contributed by atoms with Gasteiger partial charge in [0.2, 0.25) is 0 Å². The van der Waals surface area contributed by atoms with Gasteiger partial charge in [-0.3, -0.25) is 4.90 Å². The molecule has 27 heavy (non-hydrogen) atoms. The maximum atomic E-state index is 5.89. The second-order valence-corrected chi connectivity index (χ2v) is 7.67.